The Bertz CT molecular complexity index is 1030. The van der Waals surface area contributed by atoms with Gasteiger partial charge < -0.3 is 24.5 Å². The molecule has 7 heteroatoms. The summed E-state index contributed by atoms with van der Waals surface area (Å²) in [5.74, 6) is 0.508. The fourth-order valence-corrected chi connectivity index (χ4v) is 3.29. The first kappa shape index (κ1) is 18.9. The molecule has 0 radical (unpaired) electrons. The van der Waals surface area contributed by atoms with Gasteiger partial charge in [0.25, 0.3) is 5.91 Å². The smallest absolute Gasteiger partial charge is 0.310 e. The Labute approximate surface area is 168 Å². The number of fused-ring (bicyclic) bond motifs is 2. The number of esters is 1. The van der Waals surface area contributed by atoms with Crippen LogP contribution in [0.15, 0.2) is 48.7 Å². The van der Waals surface area contributed by atoms with E-state index in [1.165, 1.54) is 0 Å². The highest BCUT2D eigenvalue weighted by Crippen LogP contribution is 2.30. The van der Waals surface area contributed by atoms with Crippen molar-refractivity contribution in [2.45, 2.75) is 12.8 Å². The van der Waals surface area contributed by atoms with Crippen molar-refractivity contribution in [1.82, 2.24) is 10.3 Å². The third kappa shape index (κ3) is 4.68. The van der Waals surface area contributed by atoms with E-state index in [0.29, 0.717) is 37.7 Å². The molecule has 2 aromatic carbocycles. The SMILES string of the molecule is O=C(COC(=O)Cc1ccc2c(c1)OCCO2)NCCc1c[nH]c2ccccc12. The maximum Gasteiger partial charge on any atom is 0.310 e. The molecular formula is C22H22N2O5. The average molecular weight is 394 g/mol. The number of rotatable bonds is 7. The Kier molecular flexibility index (Phi) is 5.65. The standard InChI is InChI=1S/C22H22N2O5/c25-21(23-8-7-16-13-24-18-4-2-1-3-17(16)18)14-29-22(26)12-15-5-6-19-20(11-15)28-10-9-27-19/h1-6,11,13,24H,7-10,12,14H2,(H,23,25). The van der Waals surface area contributed by atoms with Gasteiger partial charge in [-0.15, -0.1) is 0 Å². The van der Waals surface area contributed by atoms with E-state index in [-0.39, 0.29) is 18.9 Å². The number of aromatic amines is 1. The maximum absolute atomic E-state index is 12.0. The minimum atomic E-state index is -0.464. The van der Waals surface area contributed by atoms with Crippen LogP contribution in [0.2, 0.25) is 0 Å². The molecule has 1 amide bonds. The molecular weight excluding hydrogens is 372 g/mol. The second-order valence-electron chi connectivity index (χ2n) is 6.77. The summed E-state index contributed by atoms with van der Waals surface area (Å²) in [7, 11) is 0. The average Bonchev–Trinajstić information content (AvgIpc) is 3.15. The van der Waals surface area contributed by atoms with E-state index in [0.717, 1.165) is 22.0 Å². The monoisotopic (exact) mass is 394 g/mol. The fourth-order valence-electron chi connectivity index (χ4n) is 3.29. The number of benzene rings is 2. The second-order valence-corrected chi connectivity index (χ2v) is 6.77. The van der Waals surface area contributed by atoms with Gasteiger partial charge in [-0.25, -0.2) is 0 Å². The van der Waals surface area contributed by atoms with Crippen molar-refractivity contribution in [1.29, 1.82) is 0 Å². The molecule has 0 fully saturated rings. The Morgan fingerprint density at radius 1 is 1.07 bits per heavy atom. The van der Waals surface area contributed by atoms with Crippen molar-refractivity contribution < 1.29 is 23.8 Å². The molecule has 0 saturated heterocycles. The number of carbonyl (C=O) groups excluding carboxylic acids is 2. The lowest BCUT2D eigenvalue weighted by Gasteiger charge is -2.18. The Hall–Kier alpha value is -3.48. The molecule has 1 aromatic heterocycles. The zero-order valence-electron chi connectivity index (χ0n) is 15.9. The molecule has 1 aliphatic heterocycles. The molecule has 1 aliphatic rings. The quantitative estimate of drug-likeness (QED) is 0.601. The molecule has 4 rings (SSSR count). The van der Waals surface area contributed by atoms with Gasteiger partial charge in [0.2, 0.25) is 0 Å². The van der Waals surface area contributed by atoms with Crippen LogP contribution in [0.4, 0.5) is 0 Å². The van der Waals surface area contributed by atoms with Gasteiger partial charge in [-0.3, -0.25) is 9.59 Å². The van der Waals surface area contributed by atoms with E-state index in [1.807, 2.05) is 30.5 Å². The summed E-state index contributed by atoms with van der Waals surface area (Å²) in [5, 5.41) is 3.93. The largest absolute Gasteiger partial charge is 0.486 e. The van der Waals surface area contributed by atoms with Gasteiger partial charge in [0.05, 0.1) is 6.42 Å². The Morgan fingerprint density at radius 2 is 1.90 bits per heavy atom. The van der Waals surface area contributed by atoms with Crippen LogP contribution in [-0.2, 0) is 27.2 Å². The first-order valence-corrected chi connectivity index (χ1v) is 9.55. The lowest BCUT2D eigenvalue weighted by molar-refractivity contribution is -0.147. The van der Waals surface area contributed by atoms with E-state index >= 15 is 0 Å². The van der Waals surface area contributed by atoms with Crippen LogP contribution < -0.4 is 14.8 Å². The predicted molar refractivity (Wildman–Crippen MR) is 107 cm³/mol. The van der Waals surface area contributed by atoms with Gasteiger partial charge in [-0.2, -0.15) is 0 Å². The molecule has 0 atom stereocenters. The van der Waals surface area contributed by atoms with Crippen LogP contribution in [0.25, 0.3) is 10.9 Å². The number of hydrogen-bond donors (Lipinski definition) is 2. The number of nitrogens with one attached hydrogen (secondary N) is 2. The van der Waals surface area contributed by atoms with E-state index in [1.54, 1.807) is 18.2 Å². The maximum atomic E-state index is 12.0. The number of carbonyl (C=O) groups is 2. The molecule has 29 heavy (non-hydrogen) atoms. The van der Waals surface area contributed by atoms with Crippen molar-refractivity contribution in [3.05, 3.63) is 59.8 Å². The third-order valence-electron chi connectivity index (χ3n) is 4.71. The van der Waals surface area contributed by atoms with Crippen LogP contribution in [0.5, 0.6) is 11.5 Å². The van der Waals surface area contributed by atoms with Crippen molar-refractivity contribution in [3.8, 4) is 11.5 Å². The molecule has 3 aromatic rings. The second kappa shape index (κ2) is 8.68. The molecule has 2 heterocycles. The van der Waals surface area contributed by atoms with Gasteiger partial charge in [-0.1, -0.05) is 24.3 Å². The van der Waals surface area contributed by atoms with Gasteiger partial charge in [0.1, 0.15) is 13.2 Å². The molecule has 0 spiro atoms. The van der Waals surface area contributed by atoms with Crippen LogP contribution >= 0.6 is 0 Å². The van der Waals surface area contributed by atoms with Gasteiger partial charge in [0.15, 0.2) is 18.1 Å². The van der Waals surface area contributed by atoms with Crippen LogP contribution in [-0.4, -0.2) is 43.2 Å². The zero-order chi connectivity index (χ0) is 20.1. The molecule has 7 nitrogen and oxygen atoms in total. The normalized spacial score (nSPS) is 12.6. The number of aromatic nitrogens is 1. The van der Waals surface area contributed by atoms with E-state index in [4.69, 9.17) is 14.2 Å². The number of hydrogen-bond acceptors (Lipinski definition) is 5. The summed E-state index contributed by atoms with van der Waals surface area (Å²) in [4.78, 5) is 27.2. The number of para-hydroxylation sites is 1. The molecule has 0 bridgehead atoms. The topological polar surface area (TPSA) is 89.7 Å². The molecule has 150 valence electrons. The van der Waals surface area contributed by atoms with Gasteiger partial charge in [-0.05, 0) is 35.7 Å². The van der Waals surface area contributed by atoms with Gasteiger partial charge >= 0.3 is 5.97 Å². The van der Waals surface area contributed by atoms with Gasteiger partial charge in [0, 0.05) is 23.6 Å². The zero-order valence-corrected chi connectivity index (χ0v) is 15.9. The predicted octanol–water partition coefficient (Wildman–Crippen LogP) is 2.38. The minimum absolute atomic E-state index is 0.0687. The first-order valence-electron chi connectivity index (χ1n) is 9.55. The van der Waals surface area contributed by atoms with E-state index < -0.39 is 5.97 Å². The number of ether oxygens (including phenoxy) is 3. The summed E-state index contributed by atoms with van der Waals surface area (Å²) in [5.41, 5.74) is 2.96. The fraction of sp³-hybridized carbons (Fsp3) is 0.273. The summed E-state index contributed by atoms with van der Waals surface area (Å²) < 4.78 is 16.0. The van der Waals surface area contributed by atoms with Crippen molar-refractivity contribution in [2.75, 3.05) is 26.4 Å². The molecule has 0 unspecified atom stereocenters. The molecule has 0 saturated carbocycles. The highest BCUT2D eigenvalue weighted by Gasteiger charge is 2.14. The summed E-state index contributed by atoms with van der Waals surface area (Å²) in [6.07, 6.45) is 2.71. The van der Waals surface area contributed by atoms with Crippen molar-refractivity contribution in [2.24, 2.45) is 0 Å². The first-order chi connectivity index (χ1) is 14.2. The highest BCUT2D eigenvalue weighted by atomic mass is 16.6. The Balaban J connectivity index is 1.20. The van der Waals surface area contributed by atoms with Crippen LogP contribution in [0, 0.1) is 0 Å². The lowest BCUT2D eigenvalue weighted by atomic mass is 10.1. The summed E-state index contributed by atoms with van der Waals surface area (Å²) in [6.45, 7) is 1.18. The lowest BCUT2D eigenvalue weighted by Crippen LogP contribution is -2.30. The molecule has 0 aliphatic carbocycles. The van der Waals surface area contributed by atoms with E-state index in [9.17, 15) is 9.59 Å². The minimum Gasteiger partial charge on any atom is -0.486 e. The number of H-pyrrole nitrogens is 1. The van der Waals surface area contributed by atoms with Crippen LogP contribution in [0.1, 0.15) is 11.1 Å². The summed E-state index contributed by atoms with van der Waals surface area (Å²) >= 11 is 0. The van der Waals surface area contributed by atoms with E-state index in [2.05, 4.69) is 10.3 Å². The Morgan fingerprint density at radius 3 is 2.79 bits per heavy atom. The molecule has 2 N–H and O–H groups in total. The van der Waals surface area contributed by atoms with Crippen LogP contribution in [0.3, 0.4) is 0 Å². The van der Waals surface area contributed by atoms with Crippen molar-refractivity contribution >= 4 is 22.8 Å². The summed E-state index contributed by atoms with van der Waals surface area (Å²) in [6, 6.07) is 13.3. The third-order valence-corrected chi connectivity index (χ3v) is 4.71. The highest BCUT2D eigenvalue weighted by molar-refractivity contribution is 5.83. The number of amides is 1. The van der Waals surface area contributed by atoms with Crippen molar-refractivity contribution in [3.63, 3.8) is 0 Å².